The van der Waals surface area contributed by atoms with Crippen molar-refractivity contribution < 1.29 is 0 Å². The quantitative estimate of drug-likeness (QED) is 0.839. The summed E-state index contributed by atoms with van der Waals surface area (Å²) in [5.74, 6) is 1.46. The zero-order valence-electron chi connectivity index (χ0n) is 11.2. The maximum Gasteiger partial charge on any atom is 0.159 e. The fourth-order valence-electron chi connectivity index (χ4n) is 2.85. The SMILES string of the molecule is Cc1c(N)cccc1-n1nnnc1C1CCCCC1. The van der Waals surface area contributed by atoms with Crippen molar-refractivity contribution in [2.45, 2.75) is 44.9 Å². The zero-order valence-corrected chi connectivity index (χ0v) is 11.2. The predicted octanol–water partition coefficient (Wildman–Crippen LogP) is 2.60. The molecule has 1 saturated carbocycles. The van der Waals surface area contributed by atoms with Gasteiger partial charge in [-0.1, -0.05) is 25.3 Å². The normalized spacial score (nSPS) is 16.7. The summed E-state index contributed by atoms with van der Waals surface area (Å²) in [6.07, 6.45) is 6.24. The Kier molecular flexibility index (Phi) is 3.19. The Labute approximate surface area is 112 Å². The van der Waals surface area contributed by atoms with Gasteiger partial charge in [-0.3, -0.25) is 0 Å². The summed E-state index contributed by atoms with van der Waals surface area (Å²) < 4.78 is 1.86. The number of aromatic nitrogens is 4. The summed E-state index contributed by atoms with van der Waals surface area (Å²) in [5.41, 5.74) is 8.78. The average Bonchev–Trinajstić information content (AvgIpc) is 2.92. The van der Waals surface area contributed by atoms with E-state index in [1.165, 1.54) is 32.1 Å². The molecule has 1 aromatic carbocycles. The van der Waals surface area contributed by atoms with Gasteiger partial charge in [0.15, 0.2) is 5.82 Å². The second-order valence-corrected chi connectivity index (χ2v) is 5.28. The predicted molar refractivity (Wildman–Crippen MR) is 74.1 cm³/mol. The molecule has 1 fully saturated rings. The first-order valence-corrected chi connectivity index (χ1v) is 6.91. The van der Waals surface area contributed by atoms with Crippen molar-refractivity contribution >= 4 is 5.69 Å². The molecule has 0 aliphatic heterocycles. The summed E-state index contributed by atoms with van der Waals surface area (Å²) >= 11 is 0. The zero-order chi connectivity index (χ0) is 13.2. The lowest BCUT2D eigenvalue weighted by Gasteiger charge is -2.21. The van der Waals surface area contributed by atoms with Crippen LogP contribution in [0.1, 0.15) is 49.4 Å². The summed E-state index contributed by atoms with van der Waals surface area (Å²) in [4.78, 5) is 0. The highest BCUT2D eigenvalue weighted by atomic mass is 15.5. The Balaban J connectivity index is 2.01. The number of tetrazole rings is 1. The molecule has 0 atom stereocenters. The minimum absolute atomic E-state index is 0.476. The molecular weight excluding hydrogens is 238 g/mol. The maximum absolute atomic E-state index is 5.97. The van der Waals surface area contributed by atoms with E-state index in [2.05, 4.69) is 15.5 Å². The molecule has 100 valence electrons. The van der Waals surface area contributed by atoms with Crippen LogP contribution in [0.2, 0.25) is 0 Å². The van der Waals surface area contributed by atoms with Gasteiger partial charge in [0.2, 0.25) is 0 Å². The Morgan fingerprint density at radius 1 is 1.21 bits per heavy atom. The number of nitrogen functional groups attached to an aromatic ring is 1. The van der Waals surface area contributed by atoms with Crippen molar-refractivity contribution in [3.8, 4) is 5.69 Å². The van der Waals surface area contributed by atoms with Gasteiger partial charge >= 0.3 is 0 Å². The second-order valence-electron chi connectivity index (χ2n) is 5.28. The van der Waals surface area contributed by atoms with Gasteiger partial charge in [0, 0.05) is 11.6 Å². The van der Waals surface area contributed by atoms with E-state index in [4.69, 9.17) is 5.73 Å². The smallest absolute Gasteiger partial charge is 0.159 e. The first kappa shape index (κ1) is 12.1. The molecule has 5 heteroatoms. The minimum Gasteiger partial charge on any atom is -0.398 e. The molecular formula is C14H19N5. The molecule has 0 amide bonds. The number of benzene rings is 1. The van der Waals surface area contributed by atoms with Gasteiger partial charge in [-0.05, 0) is 47.9 Å². The number of rotatable bonds is 2. The fourth-order valence-corrected chi connectivity index (χ4v) is 2.85. The van der Waals surface area contributed by atoms with Crippen LogP contribution in [0.5, 0.6) is 0 Å². The van der Waals surface area contributed by atoms with E-state index in [-0.39, 0.29) is 0 Å². The molecule has 0 unspecified atom stereocenters. The molecule has 0 bridgehead atoms. The molecule has 1 aromatic heterocycles. The van der Waals surface area contributed by atoms with Gasteiger partial charge in [-0.2, -0.15) is 4.68 Å². The fraction of sp³-hybridized carbons (Fsp3) is 0.500. The number of anilines is 1. The van der Waals surface area contributed by atoms with E-state index in [0.29, 0.717) is 5.92 Å². The van der Waals surface area contributed by atoms with Gasteiger partial charge in [-0.25, -0.2) is 0 Å². The van der Waals surface area contributed by atoms with E-state index < -0.39 is 0 Å². The molecule has 1 aliphatic carbocycles. The Hall–Kier alpha value is -1.91. The van der Waals surface area contributed by atoms with Crippen LogP contribution in [0.25, 0.3) is 5.69 Å². The highest BCUT2D eigenvalue weighted by molar-refractivity contribution is 5.56. The van der Waals surface area contributed by atoms with Gasteiger partial charge in [0.25, 0.3) is 0 Å². The Morgan fingerprint density at radius 2 is 2.00 bits per heavy atom. The van der Waals surface area contributed by atoms with Crippen LogP contribution in [-0.4, -0.2) is 20.2 Å². The van der Waals surface area contributed by atoms with Gasteiger partial charge in [0.05, 0.1) is 5.69 Å². The standard InChI is InChI=1S/C14H19N5/c1-10-12(15)8-5-9-13(10)19-14(16-17-18-19)11-6-3-2-4-7-11/h5,8-9,11H,2-4,6-7,15H2,1H3. The lowest BCUT2D eigenvalue weighted by atomic mass is 9.88. The van der Waals surface area contributed by atoms with Crippen LogP contribution >= 0.6 is 0 Å². The van der Waals surface area contributed by atoms with Crippen LogP contribution in [0.4, 0.5) is 5.69 Å². The van der Waals surface area contributed by atoms with E-state index in [1.54, 1.807) is 0 Å². The summed E-state index contributed by atoms with van der Waals surface area (Å²) in [5, 5.41) is 12.3. The molecule has 0 spiro atoms. The summed E-state index contributed by atoms with van der Waals surface area (Å²) in [6.45, 7) is 2.01. The summed E-state index contributed by atoms with van der Waals surface area (Å²) in [6, 6.07) is 5.88. The van der Waals surface area contributed by atoms with Crippen LogP contribution < -0.4 is 5.73 Å². The molecule has 2 aromatic rings. The third kappa shape index (κ3) is 2.20. The van der Waals surface area contributed by atoms with E-state index in [9.17, 15) is 0 Å². The number of hydrogen-bond donors (Lipinski definition) is 1. The van der Waals surface area contributed by atoms with Crippen LogP contribution in [0.3, 0.4) is 0 Å². The Morgan fingerprint density at radius 3 is 2.79 bits per heavy atom. The number of nitrogens with two attached hydrogens (primary N) is 1. The van der Waals surface area contributed by atoms with Crippen molar-refractivity contribution in [3.05, 3.63) is 29.6 Å². The molecule has 1 heterocycles. The van der Waals surface area contributed by atoms with Crippen molar-refractivity contribution in [1.82, 2.24) is 20.2 Å². The van der Waals surface area contributed by atoms with Crippen LogP contribution in [-0.2, 0) is 0 Å². The van der Waals surface area contributed by atoms with Crippen molar-refractivity contribution in [1.29, 1.82) is 0 Å². The second kappa shape index (κ2) is 4.99. The molecule has 1 aliphatic rings. The monoisotopic (exact) mass is 257 g/mol. The third-order valence-electron chi connectivity index (χ3n) is 4.04. The van der Waals surface area contributed by atoms with Crippen LogP contribution in [0.15, 0.2) is 18.2 Å². The lowest BCUT2D eigenvalue weighted by molar-refractivity contribution is 0.422. The van der Waals surface area contributed by atoms with Crippen molar-refractivity contribution in [3.63, 3.8) is 0 Å². The van der Waals surface area contributed by atoms with Crippen molar-refractivity contribution in [2.24, 2.45) is 0 Å². The van der Waals surface area contributed by atoms with Gasteiger partial charge in [0.1, 0.15) is 0 Å². The van der Waals surface area contributed by atoms with Crippen LogP contribution in [0, 0.1) is 6.92 Å². The van der Waals surface area contributed by atoms with E-state index in [0.717, 1.165) is 22.8 Å². The topological polar surface area (TPSA) is 69.6 Å². The number of nitrogens with zero attached hydrogens (tertiary/aromatic N) is 4. The highest BCUT2D eigenvalue weighted by Gasteiger charge is 2.23. The molecule has 19 heavy (non-hydrogen) atoms. The molecule has 5 nitrogen and oxygen atoms in total. The first-order chi connectivity index (χ1) is 9.27. The maximum atomic E-state index is 5.97. The lowest BCUT2D eigenvalue weighted by Crippen LogP contribution is -2.13. The number of hydrogen-bond acceptors (Lipinski definition) is 4. The highest BCUT2D eigenvalue weighted by Crippen LogP contribution is 2.32. The molecule has 2 N–H and O–H groups in total. The average molecular weight is 257 g/mol. The molecule has 0 saturated heterocycles. The van der Waals surface area contributed by atoms with E-state index >= 15 is 0 Å². The van der Waals surface area contributed by atoms with Crippen molar-refractivity contribution in [2.75, 3.05) is 5.73 Å². The minimum atomic E-state index is 0.476. The first-order valence-electron chi connectivity index (χ1n) is 6.91. The summed E-state index contributed by atoms with van der Waals surface area (Å²) in [7, 11) is 0. The van der Waals surface area contributed by atoms with Gasteiger partial charge < -0.3 is 5.73 Å². The third-order valence-corrected chi connectivity index (χ3v) is 4.04. The van der Waals surface area contributed by atoms with E-state index in [1.807, 2.05) is 29.8 Å². The molecule has 0 radical (unpaired) electrons. The Bertz CT molecular complexity index is 569. The molecule has 3 rings (SSSR count). The largest absolute Gasteiger partial charge is 0.398 e. The van der Waals surface area contributed by atoms with Gasteiger partial charge in [-0.15, -0.1) is 5.10 Å².